The average molecular weight is 461 g/mol. The van der Waals surface area contributed by atoms with E-state index in [9.17, 15) is 19.8 Å². The van der Waals surface area contributed by atoms with Gasteiger partial charge >= 0.3 is 0 Å². The van der Waals surface area contributed by atoms with Crippen LogP contribution >= 0.6 is 0 Å². The summed E-state index contributed by atoms with van der Waals surface area (Å²) in [6.07, 6.45) is 0. The summed E-state index contributed by atoms with van der Waals surface area (Å²) >= 11 is 0. The molecule has 0 radical (unpaired) electrons. The summed E-state index contributed by atoms with van der Waals surface area (Å²) < 4.78 is 0. The maximum absolute atomic E-state index is 13.0. The van der Waals surface area contributed by atoms with Crippen LogP contribution in [0.2, 0.25) is 0 Å². The van der Waals surface area contributed by atoms with Gasteiger partial charge in [0.25, 0.3) is 11.8 Å². The molecule has 0 saturated heterocycles. The molecular weight excluding hydrogens is 428 g/mol. The summed E-state index contributed by atoms with van der Waals surface area (Å²) in [5, 5.41) is 26.1. The number of hydrogen-bond donors (Lipinski definition) is 4. The topological polar surface area (TPSA) is 98.7 Å². The van der Waals surface area contributed by atoms with E-state index in [-0.39, 0.29) is 34.1 Å². The van der Waals surface area contributed by atoms with Crippen molar-refractivity contribution in [2.45, 2.75) is 52.4 Å². The molecule has 0 atom stereocenters. The zero-order valence-corrected chi connectivity index (χ0v) is 20.5. The van der Waals surface area contributed by atoms with Crippen molar-refractivity contribution >= 4 is 23.2 Å². The molecule has 6 nitrogen and oxygen atoms in total. The fraction of sp³-hybridized carbons (Fsp3) is 0.286. The normalized spacial score (nSPS) is 11.7. The summed E-state index contributed by atoms with van der Waals surface area (Å²) in [6, 6.07) is 16.3. The Balaban J connectivity index is 1.80. The van der Waals surface area contributed by atoms with Crippen LogP contribution in [0.4, 0.5) is 11.4 Å². The van der Waals surface area contributed by atoms with Crippen molar-refractivity contribution in [3.8, 4) is 11.5 Å². The van der Waals surface area contributed by atoms with Crippen LogP contribution in [-0.4, -0.2) is 22.0 Å². The molecule has 3 rings (SSSR count). The Bertz CT molecular complexity index is 1220. The molecule has 34 heavy (non-hydrogen) atoms. The van der Waals surface area contributed by atoms with Crippen LogP contribution in [-0.2, 0) is 10.8 Å². The van der Waals surface area contributed by atoms with Gasteiger partial charge in [0.2, 0.25) is 0 Å². The van der Waals surface area contributed by atoms with Crippen molar-refractivity contribution in [2.75, 3.05) is 10.6 Å². The number of para-hydroxylation sites is 2. The second kappa shape index (κ2) is 9.21. The Morgan fingerprint density at radius 3 is 1.82 bits per heavy atom. The lowest BCUT2D eigenvalue weighted by atomic mass is 9.74. The molecule has 3 aromatic rings. The number of aromatic hydroxyl groups is 2. The lowest BCUT2D eigenvalue weighted by Crippen LogP contribution is -2.23. The van der Waals surface area contributed by atoms with E-state index in [4.69, 9.17) is 0 Å². The van der Waals surface area contributed by atoms with Crippen LogP contribution in [0.15, 0.2) is 60.7 Å². The van der Waals surface area contributed by atoms with Crippen LogP contribution in [0, 0.1) is 0 Å². The fourth-order valence-electron chi connectivity index (χ4n) is 3.82. The first-order valence-electron chi connectivity index (χ1n) is 11.2. The third kappa shape index (κ3) is 5.57. The quantitative estimate of drug-likeness (QED) is 0.349. The van der Waals surface area contributed by atoms with E-state index in [1.807, 2.05) is 26.8 Å². The van der Waals surface area contributed by atoms with Crippen molar-refractivity contribution < 1.29 is 19.8 Å². The Labute approximate surface area is 200 Å². The molecule has 178 valence electrons. The zero-order chi connectivity index (χ0) is 25.3. The molecule has 0 aliphatic heterocycles. The molecule has 3 aromatic carbocycles. The highest BCUT2D eigenvalue weighted by Crippen LogP contribution is 2.40. The number of benzene rings is 3. The molecule has 0 unspecified atom stereocenters. The first-order valence-corrected chi connectivity index (χ1v) is 11.2. The fourth-order valence-corrected chi connectivity index (χ4v) is 3.82. The minimum Gasteiger partial charge on any atom is -0.508 e. The van der Waals surface area contributed by atoms with E-state index in [0.717, 1.165) is 11.1 Å². The summed E-state index contributed by atoms with van der Waals surface area (Å²) in [6.45, 7) is 12.3. The van der Waals surface area contributed by atoms with Crippen LogP contribution < -0.4 is 10.6 Å². The van der Waals surface area contributed by atoms with Gasteiger partial charge in [0, 0.05) is 22.4 Å². The first kappa shape index (κ1) is 24.8. The van der Waals surface area contributed by atoms with Gasteiger partial charge in [-0.1, -0.05) is 53.7 Å². The van der Waals surface area contributed by atoms with Crippen molar-refractivity contribution in [3.05, 3.63) is 82.9 Å². The second-order valence-electron chi connectivity index (χ2n) is 10.4. The summed E-state index contributed by atoms with van der Waals surface area (Å²) in [5.41, 5.74) is 2.77. The van der Waals surface area contributed by atoms with Crippen molar-refractivity contribution in [2.24, 2.45) is 0 Å². The molecular formula is C28H32N2O4. The smallest absolute Gasteiger partial charge is 0.255 e. The van der Waals surface area contributed by atoms with E-state index in [0.29, 0.717) is 22.5 Å². The predicted molar refractivity (Wildman–Crippen MR) is 136 cm³/mol. The van der Waals surface area contributed by atoms with Gasteiger partial charge in [-0.2, -0.15) is 0 Å². The molecule has 0 fully saturated rings. The van der Waals surface area contributed by atoms with E-state index < -0.39 is 0 Å². The highest BCUT2D eigenvalue weighted by Gasteiger charge is 2.29. The van der Waals surface area contributed by atoms with E-state index >= 15 is 0 Å². The molecule has 0 spiro atoms. The molecule has 2 amide bonds. The Morgan fingerprint density at radius 1 is 0.676 bits per heavy atom. The lowest BCUT2D eigenvalue weighted by Gasteiger charge is -2.31. The van der Waals surface area contributed by atoms with E-state index in [1.54, 1.807) is 42.5 Å². The number of anilines is 2. The van der Waals surface area contributed by atoms with E-state index in [2.05, 4.69) is 31.4 Å². The maximum atomic E-state index is 13.0. The van der Waals surface area contributed by atoms with Crippen molar-refractivity contribution in [1.82, 2.24) is 0 Å². The molecule has 0 bridgehead atoms. The zero-order valence-electron chi connectivity index (χ0n) is 20.5. The number of carbonyl (C=O) groups is 2. The number of carbonyl (C=O) groups excluding carboxylic acids is 2. The van der Waals surface area contributed by atoms with Gasteiger partial charge in [-0.05, 0) is 64.9 Å². The SMILES string of the molecule is CC(C)(C)c1cc(C(=O)Nc2ccc(C(=O)Nc3ccccc3O)cc2)cc(O)c1C(C)(C)C. The van der Waals surface area contributed by atoms with Gasteiger partial charge in [0.1, 0.15) is 11.5 Å². The van der Waals surface area contributed by atoms with Crippen LogP contribution in [0.25, 0.3) is 0 Å². The third-order valence-electron chi connectivity index (χ3n) is 5.49. The van der Waals surface area contributed by atoms with Gasteiger partial charge in [-0.15, -0.1) is 0 Å². The molecule has 0 heterocycles. The Hall–Kier alpha value is -3.80. The summed E-state index contributed by atoms with van der Waals surface area (Å²) in [5.74, 6) is -0.652. The Morgan fingerprint density at radius 2 is 1.26 bits per heavy atom. The monoisotopic (exact) mass is 460 g/mol. The number of phenolic OH excluding ortho intramolecular Hbond substituents is 2. The number of hydrogen-bond acceptors (Lipinski definition) is 4. The largest absolute Gasteiger partial charge is 0.508 e. The minimum atomic E-state index is -0.378. The van der Waals surface area contributed by atoms with Crippen LogP contribution in [0.1, 0.15) is 73.4 Å². The summed E-state index contributed by atoms with van der Waals surface area (Å²) in [7, 11) is 0. The van der Waals surface area contributed by atoms with Crippen molar-refractivity contribution in [1.29, 1.82) is 0 Å². The van der Waals surface area contributed by atoms with Crippen molar-refractivity contribution in [3.63, 3.8) is 0 Å². The molecule has 0 aliphatic carbocycles. The van der Waals surface area contributed by atoms with Crippen LogP contribution in [0.5, 0.6) is 11.5 Å². The van der Waals surface area contributed by atoms with Crippen LogP contribution in [0.3, 0.4) is 0 Å². The van der Waals surface area contributed by atoms with Gasteiger partial charge < -0.3 is 20.8 Å². The number of phenols is 2. The lowest BCUT2D eigenvalue weighted by molar-refractivity contribution is 0.101. The highest BCUT2D eigenvalue weighted by atomic mass is 16.3. The van der Waals surface area contributed by atoms with Gasteiger partial charge in [0.05, 0.1) is 5.69 Å². The average Bonchev–Trinajstić information content (AvgIpc) is 2.73. The molecule has 0 aromatic heterocycles. The van der Waals surface area contributed by atoms with E-state index in [1.165, 1.54) is 12.1 Å². The standard InChI is InChI=1S/C28H32N2O4/c1-27(2,3)20-15-18(16-23(32)24(20)28(4,5)6)26(34)29-19-13-11-17(12-14-19)25(33)30-21-9-7-8-10-22(21)31/h7-16,31-32H,1-6H3,(H,29,34)(H,30,33). The number of rotatable bonds is 4. The molecule has 0 saturated carbocycles. The van der Waals surface area contributed by atoms with Gasteiger partial charge in [-0.3, -0.25) is 9.59 Å². The predicted octanol–water partition coefficient (Wildman–Crippen LogP) is 6.20. The number of nitrogens with one attached hydrogen (secondary N) is 2. The maximum Gasteiger partial charge on any atom is 0.255 e. The molecule has 0 aliphatic rings. The number of amides is 2. The highest BCUT2D eigenvalue weighted by molar-refractivity contribution is 6.07. The first-order chi connectivity index (χ1) is 15.8. The minimum absolute atomic E-state index is 0.0184. The molecule has 4 N–H and O–H groups in total. The van der Waals surface area contributed by atoms with Gasteiger partial charge in [-0.25, -0.2) is 0 Å². The Kier molecular flexibility index (Phi) is 6.73. The summed E-state index contributed by atoms with van der Waals surface area (Å²) in [4.78, 5) is 25.4. The third-order valence-corrected chi connectivity index (χ3v) is 5.49. The van der Waals surface area contributed by atoms with Gasteiger partial charge in [0.15, 0.2) is 0 Å². The second-order valence-corrected chi connectivity index (χ2v) is 10.4. The molecule has 6 heteroatoms.